The molecule has 0 saturated carbocycles. The van der Waals surface area contributed by atoms with E-state index in [1.54, 1.807) is 14.2 Å². The Morgan fingerprint density at radius 3 is 2.44 bits per heavy atom. The molecule has 98 valence electrons. The molecule has 0 aliphatic carbocycles. The molecule has 3 atom stereocenters. The molecular formula is C11H24O5. The van der Waals surface area contributed by atoms with Gasteiger partial charge in [-0.25, -0.2) is 0 Å². The Bertz CT molecular complexity index is 153. The number of ether oxygens (including phenoxy) is 4. The Labute approximate surface area is 97.6 Å². The van der Waals surface area contributed by atoms with Gasteiger partial charge in [0.25, 0.3) is 0 Å². The first-order chi connectivity index (χ1) is 7.83. The number of aliphatic hydroxyl groups excluding tert-OH is 1. The van der Waals surface area contributed by atoms with Crippen LogP contribution in [0.4, 0.5) is 0 Å². The van der Waals surface area contributed by atoms with Gasteiger partial charge in [-0.3, -0.25) is 0 Å². The van der Waals surface area contributed by atoms with Gasteiger partial charge < -0.3 is 24.1 Å². The van der Waals surface area contributed by atoms with Gasteiger partial charge in [0.15, 0.2) is 0 Å². The maximum Gasteiger partial charge on any atom is 0.114 e. The zero-order valence-electron chi connectivity index (χ0n) is 10.6. The molecule has 1 fully saturated rings. The lowest BCUT2D eigenvalue weighted by Crippen LogP contribution is -2.36. The van der Waals surface area contributed by atoms with Crippen molar-refractivity contribution in [2.45, 2.75) is 32.2 Å². The Balaban J connectivity index is 0.00000106. The van der Waals surface area contributed by atoms with E-state index in [2.05, 4.69) is 0 Å². The summed E-state index contributed by atoms with van der Waals surface area (Å²) >= 11 is 0. The van der Waals surface area contributed by atoms with Gasteiger partial charge in [-0.1, -0.05) is 13.8 Å². The van der Waals surface area contributed by atoms with Gasteiger partial charge in [0.05, 0.1) is 26.4 Å². The minimum absolute atomic E-state index is 0.0390. The molecule has 1 aliphatic rings. The number of hydrogen-bond donors (Lipinski definition) is 1. The molecule has 3 unspecified atom stereocenters. The second-order valence-corrected chi connectivity index (χ2v) is 3.16. The minimum Gasteiger partial charge on any atom is -0.394 e. The van der Waals surface area contributed by atoms with Gasteiger partial charge in [0, 0.05) is 14.2 Å². The summed E-state index contributed by atoms with van der Waals surface area (Å²) in [6.45, 7) is 5.50. The molecule has 1 aliphatic heterocycles. The van der Waals surface area contributed by atoms with E-state index in [0.717, 1.165) is 0 Å². The van der Waals surface area contributed by atoms with E-state index in [9.17, 15) is 0 Å². The van der Waals surface area contributed by atoms with Crippen LogP contribution < -0.4 is 0 Å². The molecule has 1 heterocycles. The Hall–Kier alpha value is -0.200. The van der Waals surface area contributed by atoms with E-state index >= 15 is 0 Å². The van der Waals surface area contributed by atoms with Gasteiger partial charge in [0.1, 0.15) is 18.3 Å². The number of methoxy groups -OCH3 is 2. The van der Waals surface area contributed by atoms with Gasteiger partial charge in [0.2, 0.25) is 0 Å². The van der Waals surface area contributed by atoms with Crippen molar-refractivity contribution in [1.29, 1.82) is 0 Å². The lowest BCUT2D eigenvalue weighted by molar-refractivity contribution is -0.0590. The van der Waals surface area contributed by atoms with E-state index in [4.69, 9.17) is 24.1 Å². The van der Waals surface area contributed by atoms with Gasteiger partial charge in [-0.05, 0) is 0 Å². The molecule has 1 N–H and O–H groups in total. The highest BCUT2D eigenvalue weighted by atomic mass is 16.6. The third-order valence-corrected chi connectivity index (χ3v) is 2.28. The summed E-state index contributed by atoms with van der Waals surface area (Å²) in [6, 6.07) is 0. The summed E-state index contributed by atoms with van der Waals surface area (Å²) in [4.78, 5) is 0. The first-order valence-corrected chi connectivity index (χ1v) is 5.69. The number of aliphatic hydroxyl groups is 1. The third-order valence-electron chi connectivity index (χ3n) is 2.28. The summed E-state index contributed by atoms with van der Waals surface area (Å²) < 4.78 is 20.9. The van der Waals surface area contributed by atoms with Crippen molar-refractivity contribution in [2.24, 2.45) is 0 Å². The molecule has 5 nitrogen and oxygen atoms in total. The fourth-order valence-electron chi connectivity index (χ4n) is 1.53. The number of rotatable bonds is 6. The van der Waals surface area contributed by atoms with Crippen LogP contribution in [0.2, 0.25) is 0 Å². The molecule has 0 bridgehead atoms. The van der Waals surface area contributed by atoms with Crippen molar-refractivity contribution < 1.29 is 24.1 Å². The average Bonchev–Trinajstić information content (AvgIpc) is 2.74. The fourth-order valence-corrected chi connectivity index (χ4v) is 1.53. The van der Waals surface area contributed by atoms with Crippen LogP contribution >= 0.6 is 0 Å². The van der Waals surface area contributed by atoms with Gasteiger partial charge in [-0.2, -0.15) is 0 Å². The van der Waals surface area contributed by atoms with Crippen LogP contribution in [0.1, 0.15) is 13.8 Å². The van der Waals surface area contributed by atoms with Crippen molar-refractivity contribution in [2.75, 3.05) is 40.6 Å². The molecule has 0 radical (unpaired) electrons. The van der Waals surface area contributed by atoms with Crippen molar-refractivity contribution in [3.05, 3.63) is 0 Å². The van der Waals surface area contributed by atoms with Gasteiger partial charge in [-0.15, -0.1) is 0 Å². The molecule has 16 heavy (non-hydrogen) atoms. The van der Waals surface area contributed by atoms with E-state index in [1.807, 2.05) is 13.8 Å². The second kappa shape index (κ2) is 9.99. The summed E-state index contributed by atoms with van der Waals surface area (Å²) in [7, 11) is 3.22. The largest absolute Gasteiger partial charge is 0.394 e. The highest BCUT2D eigenvalue weighted by molar-refractivity contribution is 4.85. The molecule has 0 amide bonds. The third kappa shape index (κ3) is 4.76. The molecule has 0 aromatic rings. The molecule has 1 saturated heterocycles. The normalized spacial score (nSPS) is 28.7. The van der Waals surface area contributed by atoms with Crippen molar-refractivity contribution in [3.63, 3.8) is 0 Å². The van der Waals surface area contributed by atoms with Crippen LogP contribution in [0.5, 0.6) is 0 Å². The average molecular weight is 236 g/mol. The van der Waals surface area contributed by atoms with Crippen LogP contribution in [0.25, 0.3) is 0 Å². The summed E-state index contributed by atoms with van der Waals surface area (Å²) in [5, 5.41) is 8.97. The van der Waals surface area contributed by atoms with Crippen molar-refractivity contribution in [1.82, 2.24) is 0 Å². The Kier molecular flexibility index (Phi) is 9.86. The molecule has 0 spiro atoms. The van der Waals surface area contributed by atoms with E-state index in [0.29, 0.717) is 19.8 Å². The molecule has 5 heteroatoms. The van der Waals surface area contributed by atoms with Crippen LogP contribution in [-0.2, 0) is 18.9 Å². The first-order valence-electron chi connectivity index (χ1n) is 5.69. The smallest absolute Gasteiger partial charge is 0.114 e. The van der Waals surface area contributed by atoms with Crippen LogP contribution in [0.15, 0.2) is 0 Å². The standard InChI is InChI=1S/C9H18O5.C2H6/c1-11-3-4-13-8-6-14-7(5-10)9(8)12-2;1-2/h7-10H,3-6H2,1-2H3;1-2H3. The van der Waals surface area contributed by atoms with Crippen molar-refractivity contribution >= 4 is 0 Å². The lowest BCUT2D eigenvalue weighted by Gasteiger charge is -2.20. The summed E-state index contributed by atoms with van der Waals surface area (Å²) in [5.41, 5.74) is 0. The zero-order valence-corrected chi connectivity index (χ0v) is 10.6. The maximum absolute atomic E-state index is 8.97. The highest BCUT2D eigenvalue weighted by Gasteiger charge is 2.37. The van der Waals surface area contributed by atoms with Crippen LogP contribution in [-0.4, -0.2) is 64.1 Å². The summed E-state index contributed by atoms with van der Waals surface area (Å²) in [6.07, 6.45) is -0.559. The van der Waals surface area contributed by atoms with E-state index in [1.165, 1.54) is 0 Å². The lowest BCUT2D eigenvalue weighted by atomic mass is 10.1. The SMILES string of the molecule is CC.COCCOC1COC(CO)C1OC. The molecule has 0 aromatic carbocycles. The monoisotopic (exact) mass is 236 g/mol. The Morgan fingerprint density at radius 2 is 1.94 bits per heavy atom. The topological polar surface area (TPSA) is 57.2 Å². The minimum atomic E-state index is -0.271. The van der Waals surface area contributed by atoms with Crippen LogP contribution in [0, 0.1) is 0 Å². The highest BCUT2D eigenvalue weighted by Crippen LogP contribution is 2.19. The number of hydrogen-bond acceptors (Lipinski definition) is 5. The zero-order chi connectivity index (χ0) is 12.4. The van der Waals surface area contributed by atoms with E-state index < -0.39 is 0 Å². The quantitative estimate of drug-likeness (QED) is 0.679. The molecule has 1 rings (SSSR count). The van der Waals surface area contributed by atoms with Crippen molar-refractivity contribution in [3.8, 4) is 0 Å². The second-order valence-electron chi connectivity index (χ2n) is 3.16. The Morgan fingerprint density at radius 1 is 1.25 bits per heavy atom. The van der Waals surface area contributed by atoms with Crippen LogP contribution in [0.3, 0.4) is 0 Å². The maximum atomic E-state index is 8.97. The van der Waals surface area contributed by atoms with Gasteiger partial charge >= 0.3 is 0 Å². The fraction of sp³-hybridized carbons (Fsp3) is 1.00. The predicted molar refractivity (Wildman–Crippen MR) is 60.6 cm³/mol. The predicted octanol–water partition coefficient (Wildman–Crippen LogP) is 0.450. The molecular weight excluding hydrogens is 212 g/mol. The first kappa shape index (κ1) is 15.8. The molecule has 0 aromatic heterocycles. The summed E-state index contributed by atoms with van der Waals surface area (Å²) in [5.74, 6) is 0. The van der Waals surface area contributed by atoms with E-state index in [-0.39, 0.29) is 24.9 Å².